The van der Waals surface area contributed by atoms with Crippen molar-refractivity contribution in [2.24, 2.45) is 0 Å². The Morgan fingerprint density at radius 3 is 2.86 bits per heavy atom. The van der Waals surface area contributed by atoms with Crippen molar-refractivity contribution < 1.29 is 13.2 Å². The SMILES string of the molecule is CCS(=O)(=O)c1cc(C(=O)NCC2CCCN2)ccc1N. The number of anilines is 1. The van der Waals surface area contributed by atoms with E-state index in [1.54, 1.807) is 13.0 Å². The molecule has 4 N–H and O–H groups in total. The second-order valence-corrected chi connectivity index (χ2v) is 7.41. The first-order chi connectivity index (χ1) is 9.94. The molecule has 0 radical (unpaired) electrons. The quantitative estimate of drug-likeness (QED) is 0.689. The van der Waals surface area contributed by atoms with Crippen LogP contribution in [0.1, 0.15) is 30.1 Å². The molecule has 1 fully saturated rings. The van der Waals surface area contributed by atoms with Crippen LogP contribution in [0.15, 0.2) is 23.1 Å². The molecule has 0 aromatic heterocycles. The molecule has 0 spiro atoms. The number of hydrogen-bond donors (Lipinski definition) is 3. The smallest absolute Gasteiger partial charge is 0.251 e. The van der Waals surface area contributed by atoms with Crippen LogP contribution < -0.4 is 16.4 Å². The third-order valence-electron chi connectivity index (χ3n) is 3.66. The highest BCUT2D eigenvalue weighted by atomic mass is 32.2. The van der Waals surface area contributed by atoms with Gasteiger partial charge in [0.25, 0.3) is 5.91 Å². The van der Waals surface area contributed by atoms with E-state index in [4.69, 9.17) is 5.73 Å². The lowest BCUT2D eigenvalue weighted by Crippen LogP contribution is -2.37. The monoisotopic (exact) mass is 311 g/mol. The number of benzene rings is 1. The first-order valence-electron chi connectivity index (χ1n) is 7.08. The Morgan fingerprint density at radius 1 is 1.48 bits per heavy atom. The minimum atomic E-state index is -3.43. The summed E-state index contributed by atoms with van der Waals surface area (Å²) in [5.41, 5.74) is 6.19. The van der Waals surface area contributed by atoms with Gasteiger partial charge < -0.3 is 16.4 Å². The predicted molar refractivity (Wildman–Crippen MR) is 81.9 cm³/mol. The maximum Gasteiger partial charge on any atom is 0.251 e. The van der Waals surface area contributed by atoms with Gasteiger partial charge in [0.05, 0.1) is 16.3 Å². The number of nitrogen functional groups attached to an aromatic ring is 1. The molecule has 1 amide bonds. The molecule has 1 atom stereocenters. The third kappa shape index (κ3) is 3.74. The molecule has 7 heteroatoms. The number of rotatable bonds is 5. The number of amides is 1. The van der Waals surface area contributed by atoms with Crippen LogP contribution >= 0.6 is 0 Å². The number of nitrogens with one attached hydrogen (secondary N) is 2. The third-order valence-corrected chi connectivity index (χ3v) is 5.45. The minimum absolute atomic E-state index is 0.0247. The molecule has 1 unspecified atom stereocenters. The van der Waals surface area contributed by atoms with E-state index in [0.29, 0.717) is 18.2 Å². The summed E-state index contributed by atoms with van der Waals surface area (Å²) in [5.74, 6) is -0.329. The van der Waals surface area contributed by atoms with Crippen LogP contribution in [-0.4, -0.2) is 39.2 Å². The average molecular weight is 311 g/mol. The Balaban J connectivity index is 2.12. The number of carbonyl (C=O) groups excluding carboxylic acids is 1. The largest absolute Gasteiger partial charge is 0.398 e. The molecule has 116 valence electrons. The van der Waals surface area contributed by atoms with Gasteiger partial charge in [0, 0.05) is 18.2 Å². The molecule has 2 rings (SSSR count). The van der Waals surface area contributed by atoms with Crippen molar-refractivity contribution in [1.29, 1.82) is 0 Å². The van der Waals surface area contributed by atoms with Gasteiger partial charge in [-0.15, -0.1) is 0 Å². The van der Waals surface area contributed by atoms with Crippen molar-refractivity contribution in [2.45, 2.75) is 30.7 Å². The molecule has 21 heavy (non-hydrogen) atoms. The molecule has 1 heterocycles. The Hall–Kier alpha value is -1.60. The summed E-state index contributed by atoms with van der Waals surface area (Å²) in [6.45, 7) is 3.06. The number of nitrogens with two attached hydrogens (primary N) is 1. The lowest BCUT2D eigenvalue weighted by molar-refractivity contribution is 0.0950. The van der Waals surface area contributed by atoms with Crippen molar-refractivity contribution in [3.63, 3.8) is 0 Å². The average Bonchev–Trinajstić information content (AvgIpc) is 2.98. The van der Waals surface area contributed by atoms with Gasteiger partial charge in [0.2, 0.25) is 0 Å². The lowest BCUT2D eigenvalue weighted by Gasteiger charge is -2.12. The first kappa shape index (κ1) is 15.8. The molecule has 0 saturated carbocycles. The second-order valence-electron chi connectivity index (χ2n) is 5.16. The van der Waals surface area contributed by atoms with Gasteiger partial charge in [-0.3, -0.25) is 4.79 Å². The molecule has 0 aliphatic carbocycles. The highest BCUT2D eigenvalue weighted by molar-refractivity contribution is 7.91. The number of carbonyl (C=O) groups is 1. The second kappa shape index (κ2) is 6.44. The van der Waals surface area contributed by atoms with Gasteiger partial charge in [-0.1, -0.05) is 6.92 Å². The topological polar surface area (TPSA) is 101 Å². The summed E-state index contributed by atoms with van der Waals surface area (Å²) in [6.07, 6.45) is 2.15. The van der Waals surface area contributed by atoms with Crippen molar-refractivity contribution in [3.8, 4) is 0 Å². The normalized spacial score (nSPS) is 18.6. The molecule has 6 nitrogen and oxygen atoms in total. The van der Waals surface area contributed by atoms with Gasteiger partial charge in [-0.25, -0.2) is 8.42 Å². The summed E-state index contributed by atoms with van der Waals surface area (Å²) in [6, 6.07) is 4.65. The Bertz CT molecular complexity index is 622. The summed E-state index contributed by atoms with van der Waals surface area (Å²) in [7, 11) is -3.43. The van der Waals surface area contributed by atoms with Crippen molar-refractivity contribution >= 4 is 21.4 Å². The van der Waals surface area contributed by atoms with Gasteiger partial charge in [-0.05, 0) is 37.6 Å². The van der Waals surface area contributed by atoms with E-state index in [1.165, 1.54) is 12.1 Å². The Kier molecular flexibility index (Phi) is 4.84. The number of hydrogen-bond acceptors (Lipinski definition) is 5. The summed E-state index contributed by atoms with van der Waals surface area (Å²) >= 11 is 0. The van der Waals surface area contributed by atoms with Gasteiger partial charge in [0.15, 0.2) is 9.84 Å². The van der Waals surface area contributed by atoms with Crippen LogP contribution in [0.2, 0.25) is 0 Å². The zero-order chi connectivity index (χ0) is 15.5. The minimum Gasteiger partial charge on any atom is -0.398 e. The maximum absolute atomic E-state index is 12.1. The van der Waals surface area contributed by atoms with E-state index in [9.17, 15) is 13.2 Å². The van der Waals surface area contributed by atoms with Crippen molar-refractivity contribution in [3.05, 3.63) is 23.8 Å². The zero-order valence-electron chi connectivity index (χ0n) is 12.1. The highest BCUT2D eigenvalue weighted by Crippen LogP contribution is 2.21. The standard InChI is InChI=1S/C14H21N3O3S/c1-2-21(19,20)13-8-10(5-6-12(13)15)14(18)17-9-11-4-3-7-16-11/h5-6,8,11,16H,2-4,7,9,15H2,1H3,(H,17,18). The summed E-state index contributed by atoms with van der Waals surface area (Å²) < 4.78 is 23.9. The van der Waals surface area contributed by atoms with Crippen LogP contribution in [0.3, 0.4) is 0 Å². The van der Waals surface area contributed by atoms with Crippen LogP contribution in [0.25, 0.3) is 0 Å². The molecule has 1 aliphatic heterocycles. The Labute approximate surface area is 125 Å². The fraction of sp³-hybridized carbons (Fsp3) is 0.500. The molecule has 1 aliphatic rings. The predicted octanol–water partition coefficient (Wildman–Crippen LogP) is 0.544. The van der Waals surface area contributed by atoms with Crippen LogP contribution in [0.5, 0.6) is 0 Å². The summed E-state index contributed by atoms with van der Waals surface area (Å²) in [5, 5.41) is 6.11. The van der Waals surface area contributed by atoms with Gasteiger partial charge in [0.1, 0.15) is 0 Å². The van der Waals surface area contributed by atoms with E-state index in [0.717, 1.165) is 19.4 Å². The van der Waals surface area contributed by atoms with Gasteiger partial charge in [-0.2, -0.15) is 0 Å². The maximum atomic E-state index is 12.1. The highest BCUT2D eigenvalue weighted by Gasteiger charge is 2.19. The molecule has 1 aromatic carbocycles. The van der Waals surface area contributed by atoms with Crippen LogP contribution in [0, 0.1) is 0 Å². The zero-order valence-corrected chi connectivity index (χ0v) is 12.9. The van der Waals surface area contributed by atoms with Gasteiger partial charge >= 0.3 is 0 Å². The molecule has 0 bridgehead atoms. The lowest BCUT2D eigenvalue weighted by atomic mass is 10.2. The Morgan fingerprint density at radius 2 is 2.24 bits per heavy atom. The summed E-state index contributed by atoms with van der Waals surface area (Å²) in [4.78, 5) is 12.1. The van der Waals surface area contributed by atoms with E-state index < -0.39 is 9.84 Å². The molecular formula is C14H21N3O3S. The molecular weight excluding hydrogens is 290 g/mol. The fourth-order valence-corrected chi connectivity index (χ4v) is 3.39. The van der Waals surface area contributed by atoms with Crippen LogP contribution in [0.4, 0.5) is 5.69 Å². The van der Waals surface area contributed by atoms with Crippen molar-refractivity contribution in [2.75, 3.05) is 24.6 Å². The van der Waals surface area contributed by atoms with E-state index in [1.807, 2.05) is 0 Å². The van der Waals surface area contributed by atoms with E-state index in [-0.39, 0.29) is 22.2 Å². The van der Waals surface area contributed by atoms with E-state index in [2.05, 4.69) is 10.6 Å². The fourth-order valence-electron chi connectivity index (χ4n) is 2.35. The molecule has 1 aromatic rings. The van der Waals surface area contributed by atoms with Crippen molar-refractivity contribution in [1.82, 2.24) is 10.6 Å². The number of sulfone groups is 1. The van der Waals surface area contributed by atoms with Crippen LogP contribution in [-0.2, 0) is 9.84 Å². The van der Waals surface area contributed by atoms with E-state index >= 15 is 0 Å². The first-order valence-corrected chi connectivity index (χ1v) is 8.73. The molecule has 1 saturated heterocycles.